The maximum Gasteiger partial charge on any atom is 0.338 e. The fraction of sp³-hybridized carbons (Fsp3) is 0.190. The summed E-state index contributed by atoms with van der Waals surface area (Å²) < 4.78 is 5.11. The number of ether oxygens (including phenoxy) is 1. The van der Waals surface area contributed by atoms with E-state index in [-0.39, 0.29) is 6.61 Å². The molecule has 0 atom stereocenters. The van der Waals surface area contributed by atoms with Crippen LogP contribution in [0.25, 0.3) is 11.3 Å². The van der Waals surface area contributed by atoms with E-state index in [0.717, 1.165) is 16.9 Å². The number of esters is 1. The molecule has 1 amide bonds. The first-order valence-electron chi connectivity index (χ1n) is 8.69. The molecule has 0 saturated heterocycles. The van der Waals surface area contributed by atoms with E-state index in [1.165, 1.54) is 16.9 Å². The summed E-state index contributed by atoms with van der Waals surface area (Å²) in [6.45, 7) is 1.65. The molecule has 7 heteroatoms. The lowest BCUT2D eigenvalue weighted by Crippen LogP contribution is -2.21. The number of amides is 1. The van der Waals surface area contributed by atoms with Crippen molar-refractivity contribution in [2.24, 2.45) is 0 Å². The quantitative estimate of drug-likeness (QED) is 0.639. The molecule has 144 valence electrons. The van der Waals surface area contributed by atoms with Crippen LogP contribution < -0.4 is 10.2 Å². The van der Waals surface area contributed by atoms with E-state index in [9.17, 15) is 9.59 Å². The molecular formula is C21H21N3O3S. The first-order chi connectivity index (χ1) is 13.4. The first kappa shape index (κ1) is 19.6. The zero-order valence-electron chi connectivity index (χ0n) is 15.9. The summed E-state index contributed by atoms with van der Waals surface area (Å²) in [4.78, 5) is 30.5. The van der Waals surface area contributed by atoms with Crippen LogP contribution in [-0.2, 0) is 9.53 Å². The van der Waals surface area contributed by atoms with Crippen molar-refractivity contribution in [1.82, 2.24) is 4.98 Å². The van der Waals surface area contributed by atoms with Gasteiger partial charge in [-0.05, 0) is 25.1 Å². The molecule has 0 aliphatic rings. The Morgan fingerprint density at radius 2 is 1.89 bits per heavy atom. The molecule has 6 nitrogen and oxygen atoms in total. The second kappa shape index (κ2) is 8.67. The number of hydrogen-bond donors (Lipinski definition) is 1. The van der Waals surface area contributed by atoms with Crippen molar-refractivity contribution >= 4 is 34.0 Å². The third-order valence-electron chi connectivity index (χ3n) is 4.03. The van der Waals surface area contributed by atoms with Crippen LogP contribution in [0.5, 0.6) is 0 Å². The Bertz CT molecular complexity index is 981. The van der Waals surface area contributed by atoms with Crippen LogP contribution in [0.15, 0.2) is 53.9 Å². The van der Waals surface area contributed by atoms with Gasteiger partial charge in [0.05, 0.1) is 11.3 Å². The number of nitrogens with one attached hydrogen (secondary N) is 1. The van der Waals surface area contributed by atoms with E-state index in [4.69, 9.17) is 4.74 Å². The predicted molar refractivity (Wildman–Crippen MR) is 112 cm³/mol. The standard InChI is InChI=1S/C21H21N3O3S/c1-14-7-9-15(10-8-14)18-13-28-21(22-18)23-19(25)12-27-20(26)16-5-4-6-17(11-16)24(2)3/h4-11,13H,12H2,1-3H3,(H,22,23,25). The second-order valence-corrected chi connectivity index (χ2v) is 7.33. The van der Waals surface area contributed by atoms with Crippen molar-refractivity contribution in [2.45, 2.75) is 6.92 Å². The smallest absolute Gasteiger partial charge is 0.338 e. The van der Waals surface area contributed by atoms with Gasteiger partial charge in [0.25, 0.3) is 5.91 Å². The van der Waals surface area contributed by atoms with Gasteiger partial charge < -0.3 is 9.64 Å². The zero-order valence-corrected chi connectivity index (χ0v) is 16.7. The average Bonchev–Trinajstić information content (AvgIpc) is 3.15. The lowest BCUT2D eigenvalue weighted by atomic mass is 10.1. The highest BCUT2D eigenvalue weighted by molar-refractivity contribution is 7.14. The van der Waals surface area contributed by atoms with Crippen molar-refractivity contribution in [3.8, 4) is 11.3 Å². The Kier molecular flexibility index (Phi) is 6.06. The molecule has 1 heterocycles. The highest BCUT2D eigenvalue weighted by Crippen LogP contribution is 2.25. The largest absolute Gasteiger partial charge is 0.452 e. The van der Waals surface area contributed by atoms with Crippen molar-refractivity contribution < 1.29 is 14.3 Å². The van der Waals surface area contributed by atoms with Gasteiger partial charge in [0.2, 0.25) is 0 Å². The van der Waals surface area contributed by atoms with E-state index in [1.54, 1.807) is 18.2 Å². The highest BCUT2D eigenvalue weighted by atomic mass is 32.1. The fourth-order valence-electron chi connectivity index (χ4n) is 2.47. The van der Waals surface area contributed by atoms with Crippen LogP contribution in [0, 0.1) is 6.92 Å². The van der Waals surface area contributed by atoms with Gasteiger partial charge in [0.15, 0.2) is 11.7 Å². The Hall–Kier alpha value is -3.19. The molecule has 3 aromatic rings. The molecule has 0 spiro atoms. The summed E-state index contributed by atoms with van der Waals surface area (Å²) in [5.74, 6) is -0.972. The molecule has 0 aliphatic carbocycles. The Morgan fingerprint density at radius 1 is 1.14 bits per heavy atom. The van der Waals surface area contributed by atoms with Gasteiger partial charge in [0, 0.05) is 30.7 Å². The minimum atomic E-state index is -0.543. The Morgan fingerprint density at radius 3 is 2.61 bits per heavy atom. The number of anilines is 2. The number of nitrogens with zero attached hydrogens (tertiary/aromatic N) is 2. The number of carbonyl (C=O) groups excluding carboxylic acids is 2. The molecule has 0 fully saturated rings. The summed E-state index contributed by atoms with van der Waals surface area (Å²) in [5, 5.41) is 5.00. The number of benzene rings is 2. The third kappa shape index (κ3) is 4.95. The topological polar surface area (TPSA) is 71.5 Å². The average molecular weight is 395 g/mol. The molecule has 1 N–H and O–H groups in total. The molecule has 0 radical (unpaired) electrons. The van der Waals surface area contributed by atoms with Crippen LogP contribution in [-0.4, -0.2) is 37.6 Å². The predicted octanol–water partition coefficient (Wildman–Crippen LogP) is 3.98. The van der Waals surface area contributed by atoms with Gasteiger partial charge in [-0.3, -0.25) is 10.1 Å². The van der Waals surface area contributed by atoms with Gasteiger partial charge in [-0.1, -0.05) is 35.9 Å². The normalized spacial score (nSPS) is 10.4. The maximum atomic E-state index is 12.2. The van der Waals surface area contributed by atoms with Crippen molar-refractivity contribution in [2.75, 3.05) is 30.9 Å². The summed E-state index contributed by atoms with van der Waals surface area (Å²) in [6, 6.07) is 15.0. The number of carbonyl (C=O) groups is 2. The second-order valence-electron chi connectivity index (χ2n) is 6.47. The maximum absolute atomic E-state index is 12.2. The van der Waals surface area contributed by atoms with Crippen LogP contribution in [0.3, 0.4) is 0 Å². The van der Waals surface area contributed by atoms with Crippen LogP contribution in [0.1, 0.15) is 15.9 Å². The van der Waals surface area contributed by atoms with E-state index in [0.29, 0.717) is 10.7 Å². The molecule has 28 heavy (non-hydrogen) atoms. The minimum Gasteiger partial charge on any atom is -0.452 e. The third-order valence-corrected chi connectivity index (χ3v) is 4.79. The summed E-state index contributed by atoms with van der Waals surface area (Å²) >= 11 is 1.32. The molecule has 0 bridgehead atoms. The van der Waals surface area contributed by atoms with Crippen LogP contribution >= 0.6 is 11.3 Å². The van der Waals surface area contributed by atoms with E-state index < -0.39 is 11.9 Å². The van der Waals surface area contributed by atoms with Gasteiger partial charge in [0.1, 0.15) is 0 Å². The summed E-state index contributed by atoms with van der Waals surface area (Å²) in [7, 11) is 3.77. The molecule has 0 aliphatic heterocycles. The summed E-state index contributed by atoms with van der Waals surface area (Å²) in [5.41, 5.74) is 4.22. The van der Waals surface area contributed by atoms with Crippen molar-refractivity contribution in [3.05, 3.63) is 65.0 Å². The number of hydrogen-bond acceptors (Lipinski definition) is 6. The van der Waals surface area contributed by atoms with E-state index >= 15 is 0 Å². The van der Waals surface area contributed by atoms with E-state index in [1.807, 2.05) is 61.6 Å². The first-order valence-corrected chi connectivity index (χ1v) is 9.57. The molecule has 0 unspecified atom stereocenters. The molecular weight excluding hydrogens is 374 g/mol. The zero-order chi connectivity index (χ0) is 20.1. The minimum absolute atomic E-state index is 0.371. The van der Waals surface area contributed by atoms with Gasteiger partial charge in [-0.15, -0.1) is 11.3 Å². The van der Waals surface area contributed by atoms with Gasteiger partial charge in [-0.2, -0.15) is 0 Å². The van der Waals surface area contributed by atoms with Crippen molar-refractivity contribution in [1.29, 1.82) is 0 Å². The summed E-state index contributed by atoms with van der Waals surface area (Å²) in [6.07, 6.45) is 0. The number of aromatic nitrogens is 1. The van der Waals surface area contributed by atoms with Gasteiger partial charge >= 0.3 is 5.97 Å². The van der Waals surface area contributed by atoms with Crippen molar-refractivity contribution in [3.63, 3.8) is 0 Å². The Labute approximate surface area is 167 Å². The molecule has 3 rings (SSSR count). The Balaban J connectivity index is 1.55. The van der Waals surface area contributed by atoms with Gasteiger partial charge in [-0.25, -0.2) is 9.78 Å². The lowest BCUT2D eigenvalue weighted by molar-refractivity contribution is -0.119. The molecule has 0 saturated carbocycles. The number of rotatable bonds is 6. The van der Waals surface area contributed by atoms with Crippen LogP contribution in [0.2, 0.25) is 0 Å². The number of aryl methyl sites for hydroxylation is 1. The number of thiazole rings is 1. The fourth-order valence-corrected chi connectivity index (χ4v) is 3.20. The van der Waals surface area contributed by atoms with E-state index in [2.05, 4.69) is 10.3 Å². The molecule has 1 aromatic heterocycles. The highest BCUT2D eigenvalue weighted by Gasteiger charge is 2.13. The van der Waals surface area contributed by atoms with Crippen LogP contribution in [0.4, 0.5) is 10.8 Å². The molecule has 2 aromatic carbocycles. The lowest BCUT2D eigenvalue weighted by Gasteiger charge is -2.13. The SMILES string of the molecule is Cc1ccc(-c2csc(NC(=O)COC(=O)c3cccc(N(C)C)c3)n2)cc1. The monoisotopic (exact) mass is 395 g/mol.